The Morgan fingerprint density at radius 3 is 2.55 bits per heavy atom. The second kappa shape index (κ2) is 9.21. The fourth-order valence-corrected chi connectivity index (χ4v) is 2.75. The third-order valence-corrected chi connectivity index (χ3v) is 3.94. The van der Waals surface area contributed by atoms with Crippen molar-refractivity contribution in [3.63, 3.8) is 0 Å². The maximum absolute atomic E-state index is 12.3. The van der Waals surface area contributed by atoms with E-state index in [1.54, 1.807) is 0 Å². The highest BCUT2D eigenvalue weighted by Crippen LogP contribution is 2.40. The lowest BCUT2D eigenvalue weighted by Crippen LogP contribution is -2.19. The number of nitrogens with zero attached hydrogens (tertiary/aromatic N) is 1. The van der Waals surface area contributed by atoms with E-state index in [1.165, 1.54) is 29.3 Å². The van der Waals surface area contributed by atoms with Crippen LogP contribution in [0.4, 0.5) is 13.2 Å². The Bertz CT molecular complexity index is 956. The van der Waals surface area contributed by atoms with E-state index in [4.69, 9.17) is 21.4 Å². The minimum atomic E-state index is -4.52. The molecule has 0 aliphatic carbocycles. The molecule has 29 heavy (non-hydrogen) atoms. The first-order chi connectivity index (χ1) is 13.6. The van der Waals surface area contributed by atoms with Gasteiger partial charge in [0.2, 0.25) is 0 Å². The predicted octanol–water partition coefficient (Wildman–Crippen LogP) is 4.62. The molecule has 1 aromatic carbocycles. The number of carboxylic acids is 1. The van der Waals surface area contributed by atoms with Crippen LogP contribution in [0.25, 0.3) is 11.3 Å². The van der Waals surface area contributed by atoms with E-state index in [-0.39, 0.29) is 29.7 Å². The van der Waals surface area contributed by atoms with Crippen LogP contribution in [0.5, 0.6) is 11.5 Å². The van der Waals surface area contributed by atoms with Crippen molar-refractivity contribution in [3.8, 4) is 22.8 Å². The van der Waals surface area contributed by atoms with E-state index in [0.717, 1.165) is 6.07 Å². The molecule has 1 aliphatic rings. The molecule has 0 spiro atoms. The number of aromatic nitrogens is 1. The molecular weight excluding hydrogens is 415 g/mol. The first-order valence-corrected chi connectivity index (χ1v) is 9.09. The van der Waals surface area contributed by atoms with Gasteiger partial charge in [0.05, 0.1) is 17.3 Å². The number of rotatable bonds is 3. The molecule has 2 aromatic rings. The molecule has 10 heteroatoms. The number of halogens is 4. The van der Waals surface area contributed by atoms with Crippen molar-refractivity contribution in [1.82, 2.24) is 4.57 Å². The summed E-state index contributed by atoms with van der Waals surface area (Å²) in [5.41, 5.74) is -0.406. The van der Waals surface area contributed by atoms with Gasteiger partial charge in [-0.2, -0.15) is 13.2 Å². The first kappa shape index (κ1) is 22.6. The molecular formula is C19H19ClF3NO5. The Labute approximate surface area is 169 Å². The lowest BCUT2D eigenvalue weighted by atomic mass is 10.1. The second-order valence-electron chi connectivity index (χ2n) is 6.17. The minimum absolute atomic E-state index is 0.0974. The minimum Gasteiger partial charge on any atom is -0.491 e. The molecule has 1 aromatic heterocycles. The number of carbonyl (C=O) groups is 1. The van der Waals surface area contributed by atoms with Crippen LogP contribution < -0.4 is 14.9 Å². The van der Waals surface area contributed by atoms with Crippen LogP contribution in [0.1, 0.15) is 30.6 Å². The Morgan fingerprint density at radius 2 is 1.97 bits per heavy atom. The van der Waals surface area contributed by atoms with Crippen LogP contribution in [0.2, 0.25) is 5.02 Å². The zero-order chi connectivity index (χ0) is 21.8. The van der Waals surface area contributed by atoms with Crippen molar-refractivity contribution in [2.45, 2.75) is 33.0 Å². The van der Waals surface area contributed by atoms with E-state index in [0.29, 0.717) is 11.3 Å². The van der Waals surface area contributed by atoms with Crippen LogP contribution in [0, 0.1) is 0 Å². The Kier molecular flexibility index (Phi) is 7.18. The number of aromatic carboxylic acids is 1. The van der Waals surface area contributed by atoms with Gasteiger partial charge < -0.3 is 19.1 Å². The van der Waals surface area contributed by atoms with Crippen molar-refractivity contribution >= 4 is 17.6 Å². The highest BCUT2D eigenvalue weighted by molar-refractivity contribution is 6.32. The molecule has 3 rings (SSSR count). The maximum atomic E-state index is 12.3. The van der Waals surface area contributed by atoms with Gasteiger partial charge in [-0.05, 0) is 6.07 Å². The summed E-state index contributed by atoms with van der Waals surface area (Å²) in [5, 5.41) is 8.97. The fraction of sp³-hybridized carbons (Fsp3) is 0.368. The molecule has 1 aliphatic heterocycles. The zero-order valence-electron chi connectivity index (χ0n) is 15.7. The number of hydrogen-bond donors (Lipinski definition) is 1. The highest BCUT2D eigenvalue weighted by atomic mass is 35.5. The van der Waals surface area contributed by atoms with Crippen molar-refractivity contribution in [2.75, 3.05) is 13.2 Å². The molecule has 0 amide bonds. The molecule has 158 valence electrons. The summed E-state index contributed by atoms with van der Waals surface area (Å²) in [6, 6.07) is 3.66. The van der Waals surface area contributed by atoms with Crippen LogP contribution in [-0.4, -0.2) is 35.0 Å². The lowest BCUT2D eigenvalue weighted by molar-refractivity contribution is -0.153. The SMILES string of the molecule is CCC.O=C(O)c1cn2c(cc1=O)-c1cc(Cl)c(OCC(F)(F)F)cc1OCC2. The Hall–Kier alpha value is -2.68. The summed E-state index contributed by atoms with van der Waals surface area (Å²) >= 11 is 6.00. The number of hydrogen-bond acceptors (Lipinski definition) is 4. The van der Waals surface area contributed by atoms with Crippen LogP contribution in [-0.2, 0) is 6.54 Å². The van der Waals surface area contributed by atoms with Gasteiger partial charge in [0.1, 0.15) is 23.7 Å². The zero-order valence-corrected chi connectivity index (χ0v) is 16.4. The van der Waals surface area contributed by atoms with E-state index < -0.39 is 29.7 Å². The Balaban J connectivity index is 0.000000941. The van der Waals surface area contributed by atoms with E-state index >= 15 is 0 Å². The normalized spacial score (nSPS) is 12.5. The van der Waals surface area contributed by atoms with Crippen molar-refractivity contribution in [3.05, 3.63) is 45.2 Å². The van der Waals surface area contributed by atoms with Crippen LogP contribution >= 0.6 is 11.6 Å². The van der Waals surface area contributed by atoms with Gasteiger partial charge in [-0.25, -0.2) is 4.79 Å². The van der Waals surface area contributed by atoms with E-state index in [2.05, 4.69) is 18.6 Å². The Morgan fingerprint density at radius 1 is 1.31 bits per heavy atom. The third-order valence-electron chi connectivity index (χ3n) is 3.65. The van der Waals surface area contributed by atoms with Crippen LogP contribution in [0.3, 0.4) is 0 Å². The van der Waals surface area contributed by atoms with E-state index in [1.807, 2.05) is 0 Å². The summed E-state index contributed by atoms with van der Waals surface area (Å²) < 4.78 is 48.7. The molecule has 0 radical (unpaired) electrons. The van der Waals surface area contributed by atoms with Gasteiger partial charge in [-0.1, -0.05) is 31.9 Å². The lowest BCUT2D eigenvalue weighted by Gasteiger charge is -2.15. The molecule has 2 heterocycles. The van der Waals surface area contributed by atoms with Crippen LogP contribution in [0.15, 0.2) is 29.2 Å². The summed E-state index contributed by atoms with van der Waals surface area (Å²) in [6.07, 6.45) is -2.08. The standard InChI is InChI=1S/C16H11ClF3NO5.C3H8/c17-10-3-8-11-4-12(22)9(15(23)24)6-21(11)1-2-25-13(8)5-14(10)26-7-16(18,19)20;1-3-2/h3-6H,1-2,7H2,(H,23,24);3H2,1-2H3. The average molecular weight is 434 g/mol. The molecule has 0 bridgehead atoms. The van der Waals surface area contributed by atoms with Gasteiger partial charge in [0, 0.05) is 23.9 Å². The topological polar surface area (TPSA) is 77.8 Å². The predicted molar refractivity (Wildman–Crippen MR) is 101 cm³/mol. The molecule has 0 atom stereocenters. The quantitative estimate of drug-likeness (QED) is 0.764. The first-order valence-electron chi connectivity index (χ1n) is 8.71. The third kappa shape index (κ3) is 5.66. The van der Waals surface area contributed by atoms with Gasteiger partial charge in [0.25, 0.3) is 0 Å². The molecule has 0 unspecified atom stereocenters. The highest BCUT2D eigenvalue weighted by Gasteiger charge is 2.29. The van der Waals surface area contributed by atoms with Crippen molar-refractivity contribution < 1.29 is 32.5 Å². The molecule has 0 saturated carbocycles. The number of pyridine rings is 1. The second-order valence-corrected chi connectivity index (χ2v) is 6.58. The molecule has 6 nitrogen and oxygen atoms in total. The van der Waals surface area contributed by atoms with Crippen molar-refractivity contribution in [2.24, 2.45) is 0 Å². The number of alkyl halides is 3. The molecule has 0 fully saturated rings. The van der Waals surface area contributed by atoms with Gasteiger partial charge in [0.15, 0.2) is 12.0 Å². The summed E-state index contributed by atoms with van der Waals surface area (Å²) in [5.74, 6) is -1.38. The largest absolute Gasteiger partial charge is 0.491 e. The van der Waals surface area contributed by atoms with Gasteiger partial charge in [-0.15, -0.1) is 0 Å². The number of carboxylic acid groups (broad SMARTS) is 1. The number of benzene rings is 1. The average Bonchev–Trinajstić information content (AvgIpc) is 2.78. The number of ether oxygens (including phenoxy) is 2. The van der Waals surface area contributed by atoms with Crippen molar-refractivity contribution in [1.29, 1.82) is 0 Å². The summed E-state index contributed by atoms with van der Waals surface area (Å²) in [6.45, 7) is 3.09. The van der Waals surface area contributed by atoms with Gasteiger partial charge >= 0.3 is 12.1 Å². The maximum Gasteiger partial charge on any atom is 0.422 e. The molecule has 0 saturated heterocycles. The summed E-state index contributed by atoms with van der Waals surface area (Å²) in [4.78, 5) is 23.1. The monoisotopic (exact) mass is 433 g/mol. The van der Waals surface area contributed by atoms with Gasteiger partial charge in [-0.3, -0.25) is 4.79 Å². The smallest absolute Gasteiger partial charge is 0.422 e. The summed E-state index contributed by atoms with van der Waals surface area (Å²) in [7, 11) is 0. The number of fused-ring (bicyclic) bond motifs is 3. The fourth-order valence-electron chi connectivity index (χ4n) is 2.53. The van der Waals surface area contributed by atoms with E-state index in [9.17, 15) is 22.8 Å². The molecule has 1 N–H and O–H groups in total.